The van der Waals surface area contributed by atoms with E-state index in [1.54, 1.807) is 7.11 Å². The lowest BCUT2D eigenvalue weighted by Crippen LogP contribution is -2.40. The number of likely N-dealkylation sites (tertiary alicyclic amines) is 1. The Morgan fingerprint density at radius 2 is 2.00 bits per heavy atom. The van der Waals surface area contributed by atoms with Crippen LogP contribution in [-0.4, -0.2) is 42.1 Å². The van der Waals surface area contributed by atoms with Crippen LogP contribution in [0.5, 0.6) is 0 Å². The second kappa shape index (κ2) is 5.72. The third-order valence-electron chi connectivity index (χ3n) is 5.08. The molecule has 0 radical (unpaired) electrons. The highest BCUT2D eigenvalue weighted by atomic mass is 16.5. The molecule has 1 heterocycles. The lowest BCUT2D eigenvalue weighted by atomic mass is 9.90. The van der Waals surface area contributed by atoms with E-state index in [1.165, 1.54) is 0 Å². The van der Waals surface area contributed by atoms with Gasteiger partial charge in [-0.25, -0.2) is 0 Å². The third kappa shape index (κ3) is 2.61. The first-order chi connectivity index (χ1) is 10.6. The summed E-state index contributed by atoms with van der Waals surface area (Å²) in [7, 11) is 1.62. The van der Waals surface area contributed by atoms with E-state index in [9.17, 15) is 9.59 Å². The molecule has 1 aromatic rings. The van der Waals surface area contributed by atoms with Crippen LogP contribution in [0.15, 0.2) is 24.3 Å². The van der Waals surface area contributed by atoms with Crippen molar-refractivity contribution in [2.75, 3.05) is 20.2 Å². The number of aliphatic carboxylic acids is 1. The Morgan fingerprint density at radius 3 is 2.59 bits per heavy atom. The molecule has 22 heavy (non-hydrogen) atoms. The Hall–Kier alpha value is -1.88. The number of hydrogen-bond acceptors (Lipinski definition) is 3. The van der Waals surface area contributed by atoms with Crippen LogP contribution in [0.2, 0.25) is 0 Å². The van der Waals surface area contributed by atoms with Crippen LogP contribution in [-0.2, 0) is 16.1 Å². The molecule has 1 aromatic carbocycles. The van der Waals surface area contributed by atoms with Crippen LogP contribution in [0.1, 0.15) is 35.2 Å². The van der Waals surface area contributed by atoms with Crippen molar-refractivity contribution < 1.29 is 19.4 Å². The lowest BCUT2D eigenvalue weighted by molar-refractivity contribution is -0.139. The number of amides is 1. The van der Waals surface area contributed by atoms with Gasteiger partial charge in [-0.15, -0.1) is 0 Å². The smallest absolute Gasteiger partial charge is 0.307 e. The molecule has 118 valence electrons. The maximum atomic E-state index is 12.7. The minimum atomic E-state index is -0.690. The molecule has 3 rings (SSSR count). The van der Waals surface area contributed by atoms with E-state index in [1.807, 2.05) is 29.2 Å². The van der Waals surface area contributed by atoms with Crippen molar-refractivity contribution >= 4 is 11.9 Å². The summed E-state index contributed by atoms with van der Waals surface area (Å²) in [6.07, 6.45) is 2.36. The van der Waals surface area contributed by atoms with E-state index >= 15 is 0 Å². The van der Waals surface area contributed by atoms with Crippen molar-refractivity contribution in [2.24, 2.45) is 11.3 Å². The summed E-state index contributed by atoms with van der Waals surface area (Å²) in [5.41, 5.74) is 1.53. The summed E-state index contributed by atoms with van der Waals surface area (Å²) in [5, 5.41) is 9.12. The monoisotopic (exact) mass is 303 g/mol. The van der Waals surface area contributed by atoms with E-state index in [-0.39, 0.29) is 17.2 Å². The number of carbonyl (C=O) groups is 2. The van der Waals surface area contributed by atoms with Gasteiger partial charge in [-0.1, -0.05) is 18.2 Å². The van der Waals surface area contributed by atoms with Gasteiger partial charge in [0, 0.05) is 25.8 Å². The highest BCUT2D eigenvalue weighted by Crippen LogP contribution is 2.59. The molecule has 1 N–H and O–H groups in total. The summed E-state index contributed by atoms with van der Waals surface area (Å²) in [4.78, 5) is 25.6. The number of nitrogens with zero attached hydrogens (tertiary/aromatic N) is 1. The van der Waals surface area contributed by atoms with Crippen molar-refractivity contribution in [1.29, 1.82) is 0 Å². The molecule has 1 aliphatic carbocycles. The Labute approximate surface area is 129 Å². The fourth-order valence-corrected chi connectivity index (χ4v) is 3.59. The third-order valence-corrected chi connectivity index (χ3v) is 5.08. The molecule has 0 bridgehead atoms. The zero-order chi connectivity index (χ0) is 15.7. The van der Waals surface area contributed by atoms with E-state index in [2.05, 4.69) is 0 Å². The van der Waals surface area contributed by atoms with Gasteiger partial charge in [0.05, 0.1) is 12.5 Å². The predicted molar refractivity (Wildman–Crippen MR) is 80.5 cm³/mol. The minimum Gasteiger partial charge on any atom is -0.481 e. The molecule has 1 aliphatic heterocycles. The molecule has 1 saturated heterocycles. The van der Waals surface area contributed by atoms with Crippen LogP contribution in [0, 0.1) is 11.3 Å². The number of rotatable bonds is 4. The molecule has 5 heteroatoms. The van der Waals surface area contributed by atoms with E-state index in [0.29, 0.717) is 25.3 Å². The first-order valence-electron chi connectivity index (χ1n) is 7.66. The van der Waals surface area contributed by atoms with Crippen molar-refractivity contribution in [3.63, 3.8) is 0 Å². The van der Waals surface area contributed by atoms with Gasteiger partial charge in [-0.05, 0) is 36.3 Å². The van der Waals surface area contributed by atoms with Gasteiger partial charge in [0.1, 0.15) is 0 Å². The van der Waals surface area contributed by atoms with Gasteiger partial charge in [0.25, 0.3) is 5.91 Å². The number of benzene rings is 1. The summed E-state index contributed by atoms with van der Waals surface area (Å²) >= 11 is 0. The maximum Gasteiger partial charge on any atom is 0.307 e. The number of carboxylic acids is 1. The molecule has 2 aliphatic rings. The quantitative estimate of drug-likeness (QED) is 0.925. The van der Waals surface area contributed by atoms with Gasteiger partial charge < -0.3 is 14.7 Å². The van der Waals surface area contributed by atoms with Crippen LogP contribution in [0.4, 0.5) is 0 Å². The SMILES string of the molecule is COCc1ccccc1C(=O)N1CCC2(CC1)CC2C(=O)O. The Morgan fingerprint density at radius 1 is 1.32 bits per heavy atom. The van der Waals surface area contributed by atoms with E-state index in [0.717, 1.165) is 24.8 Å². The number of hydrogen-bond donors (Lipinski definition) is 1. The molecular weight excluding hydrogens is 282 g/mol. The largest absolute Gasteiger partial charge is 0.481 e. The standard InChI is InChI=1S/C17H21NO4/c1-22-11-12-4-2-3-5-13(12)15(19)18-8-6-17(7-9-18)10-14(17)16(20)21/h2-5,14H,6-11H2,1H3,(H,20,21). The second-order valence-electron chi connectivity index (χ2n) is 6.34. The summed E-state index contributed by atoms with van der Waals surface area (Å²) in [6.45, 7) is 1.70. The van der Waals surface area contributed by atoms with Crippen LogP contribution >= 0.6 is 0 Å². The van der Waals surface area contributed by atoms with Gasteiger partial charge in [-0.2, -0.15) is 0 Å². The highest BCUT2D eigenvalue weighted by Gasteiger charge is 2.59. The summed E-state index contributed by atoms with van der Waals surface area (Å²) < 4.78 is 5.15. The van der Waals surface area contributed by atoms with Crippen molar-refractivity contribution in [3.8, 4) is 0 Å². The number of ether oxygens (including phenoxy) is 1. The van der Waals surface area contributed by atoms with E-state index < -0.39 is 5.97 Å². The minimum absolute atomic E-state index is 0.0232. The predicted octanol–water partition coefficient (Wildman–Crippen LogP) is 2.16. The second-order valence-corrected chi connectivity index (χ2v) is 6.34. The zero-order valence-electron chi connectivity index (χ0n) is 12.7. The number of carbonyl (C=O) groups excluding carboxylic acids is 1. The fraction of sp³-hybridized carbons (Fsp3) is 0.529. The number of piperidine rings is 1. The molecule has 2 fully saturated rings. The Balaban J connectivity index is 1.67. The zero-order valence-corrected chi connectivity index (χ0v) is 12.7. The highest BCUT2D eigenvalue weighted by molar-refractivity contribution is 5.95. The molecule has 1 unspecified atom stereocenters. The van der Waals surface area contributed by atoms with Gasteiger partial charge in [-0.3, -0.25) is 9.59 Å². The van der Waals surface area contributed by atoms with Crippen LogP contribution < -0.4 is 0 Å². The normalized spacial score (nSPS) is 22.6. The average Bonchev–Trinajstić information content (AvgIpc) is 3.22. The summed E-state index contributed by atoms with van der Waals surface area (Å²) in [5.74, 6) is -0.870. The van der Waals surface area contributed by atoms with Crippen molar-refractivity contribution in [2.45, 2.75) is 25.9 Å². The molecule has 1 saturated carbocycles. The van der Waals surface area contributed by atoms with Crippen molar-refractivity contribution in [3.05, 3.63) is 35.4 Å². The van der Waals surface area contributed by atoms with Gasteiger partial charge >= 0.3 is 5.97 Å². The Bertz CT molecular complexity index is 590. The Kier molecular flexibility index (Phi) is 3.91. The summed E-state index contributed by atoms with van der Waals surface area (Å²) in [6, 6.07) is 7.50. The van der Waals surface area contributed by atoms with E-state index in [4.69, 9.17) is 9.84 Å². The fourth-order valence-electron chi connectivity index (χ4n) is 3.59. The van der Waals surface area contributed by atoms with Crippen LogP contribution in [0.25, 0.3) is 0 Å². The molecule has 1 atom stereocenters. The molecule has 5 nitrogen and oxygen atoms in total. The lowest BCUT2D eigenvalue weighted by Gasteiger charge is -2.33. The number of carboxylic acid groups (broad SMARTS) is 1. The molecule has 0 aromatic heterocycles. The molecular formula is C17H21NO4. The first kappa shape index (κ1) is 15.0. The molecule has 1 spiro atoms. The van der Waals surface area contributed by atoms with Gasteiger partial charge in [0.2, 0.25) is 0 Å². The van der Waals surface area contributed by atoms with Gasteiger partial charge in [0.15, 0.2) is 0 Å². The van der Waals surface area contributed by atoms with Crippen LogP contribution in [0.3, 0.4) is 0 Å². The first-order valence-corrected chi connectivity index (χ1v) is 7.66. The number of methoxy groups -OCH3 is 1. The molecule has 1 amide bonds. The maximum absolute atomic E-state index is 12.7. The van der Waals surface area contributed by atoms with Crippen molar-refractivity contribution in [1.82, 2.24) is 4.90 Å². The topological polar surface area (TPSA) is 66.8 Å². The average molecular weight is 303 g/mol.